The van der Waals surface area contributed by atoms with Crippen LogP contribution in [0.25, 0.3) is 11.1 Å². The zero-order valence-electron chi connectivity index (χ0n) is 14.0. The average molecular weight is 345 g/mol. The second-order valence-corrected chi connectivity index (χ2v) is 5.95. The van der Waals surface area contributed by atoms with Gasteiger partial charge in [-0.2, -0.15) is 0 Å². The first kappa shape index (κ1) is 17.4. The van der Waals surface area contributed by atoms with Crippen LogP contribution in [0.1, 0.15) is 33.1 Å². The first-order valence-corrected chi connectivity index (χ1v) is 8.10. The molecule has 0 bridgehead atoms. The maximum Gasteiger partial charge on any atom is 0.336 e. The Morgan fingerprint density at radius 2 is 1.46 bits per heavy atom. The number of carbonyl (C=O) groups is 1. The average Bonchev–Trinajstić information content (AvgIpc) is 2.67. The quantitative estimate of drug-likeness (QED) is 0.419. The van der Waals surface area contributed by atoms with Gasteiger partial charge in [-0.15, -0.1) is 0 Å². The fraction of sp³-hybridized carbons (Fsp3) is 0.0476. The van der Waals surface area contributed by atoms with Crippen molar-refractivity contribution < 1.29 is 9.90 Å². The normalized spacial score (nSPS) is 11.7. The van der Waals surface area contributed by atoms with Crippen LogP contribution in [0.4, 0.5) is 0 Å². The number of hydrogen-bond donors (Lipinski definition) is 4. The van der Waals surface area contributed by atoms with Crippen LogP contribution in [0.3, 0.4) is 0 Å². The molecule has 0 saturated carbocycles. The summed E-state index contributed by atoms with van der Waals surface area (Å²) in [6.07, 6.45) is 0. The van der Waals surface area contributed by atoms with E-state index in [2.05, 4.69) is 0 Å². The van der Waals surface area contributed by atoms with Crippen LogP contribution in [0.2, 0.25) is 0 Å². The third-order valence-electron chi connectivity index (χ3n) is 4.32. The maximum absolute atomic E-state index is 11.6. The lowest BCUT2D eigenvalue weighted by Gasteiger charge is -2.18. The summed E-state index contributed by atoms with van der Waals surface area (Å²) < 4.78 is 0. The second kappa shape index (κ2) is 7.21. The number of nitrogens with one attached hydrogen (secondary N) is 1. The summed E-state index contributed by atoms with van der Waals surface area (Å²) in [5, 5.41) is 17.0. The largest absolute Gasteiger partial charge is 0.478 e. The molecule has 130 valence electrons. The Morgan fingerprint density at radius 3 is 2.08 bits per heavy atom. The highest BCUT2D eigenvalue weighted by atomic mass is 16.4. The highest BCUT2D eigenvalue weighted by Gasteiger charge is 2.18. The number of nitrogen functional groups attached to an aromatic ring is 1. The molecule has 3 rings (SSSR count). The maximum atomic E-state index is 11.6. The van der Waals surface area contributed by atoms with E-state index >= 15 is 0 Å². The zero-order valence-corrected chi connectivity index (χ0v) is 14.0. The lowest BCUT2D eigenvalue weighted by Crippen LogP contribution is -2.15. The van der Waals surface area contributed by atoms with Gasteiger partial charge >= 0.3 is 5.97 Å². The molecule has 0 radical (unpaired) electrons. The summed E-state index contributed by atoms with van der Waals surface area (Å²) in [5.41, 5.74) is 15.9. The van der Waals surface area contributed by atoms with Gasteiger partial charge in [-0.25, -0.2) is 4.79 Å². The van der Waals surface area contributed by atoms with E-state index in [1.807, 2.05) is 42.5 Å². The molecule has 0 aliphatic heterocycles. The third-order valence-corrected chi connectivity index (χ3v) is 4.32. The molecule has 0 saturated heterocycles. The predicted molar refractivity (Wildman–Crippen MR) is 102 cm³/mol. The molecule has 3 aromatic rings. The van der Waals surface area contributed by atoms with Crippen molar-refractivity contribution in [1.82, 2.24) is 0 Å². The van der Waals surface area contributed by atoms with E-state index in [4.69, 9.17) is 16.9 Å². The topological polar surface area (TPSA) is 113 Å². The number of rotatable bonds is 5. The summed E-state index contributed by atoms with van der Waals surface area (Å²) >= 11 is 0. The van der Waals surface area contributed by atoms with Gasteiger partial charge in [-0.3, -0.25) is 5.41 Å². The number of carboxylic acids is 1. The van der Waals surface area contributed by atoms with Gasteiger partial charge in [0.05, 0.1) is 11.6 Å². The van der Waals surface area contributed by atoms with Crippen molar-refractivity contribution in [3.05, 3.63) is 95.1 Å². The Bertz CT molecular complexity index is 965. The van der Waals surface area contributed by atoms with E-state index in [-0.39, 0.29) is 11.4 Å². The van der Waals surface area contributed by atoms with Gasteiger partial charge in [0.15, 0.2) is 0 Å². The molecular formula is C21H19N3O2. The predicted octanol–water partition coefficient (Wildman–Crippen LogP) is 3.38. The van der Waals surface area contributed by atoms with E-state index in [1.165, 1.54) is 0 Å². The molecule has 0 spiro atoms. The number of nitrogens with two attached hydrogens (primary N) is 2. The van der Waals surface area contributed by atoms with Gasteiger partial charge < -0.3 is 16.6 Å². The van der Waals surface area contributed by atoms with Crippen molar-refractivity contribution in [1.29, 1.82) is 5.41 Å². The minimum atomic E-state index is -0.977. The zero-order chi connectivity index (χ0) is 18.7. The Morgan fingerprint density at radius 1 is 0.885 bits per heavy atom. The molecule has 3 aromatic carbocycles. The van der Waals surface area contributed by atoms with Gasteiger partial charge in [0.25, 0.3) is 0 Å². The second-order valence-electron chi connectivity index (χ2n) is 5.95. The summed E-state index contributed by atoms with van der Waals surface area (Å²) in [6.45, 7) is 0. The van der Waals surface area contributed by atoms with Crippen molar-refractivity contribution in [3.8, 4) is 11.1 Å². The molecular weight excluding hydrogens is 326 g/mol. The summed E-state index contributed by atoms with van der Waals surface area (Å²) in [6, 6.07) is 21.2. The number of hydrogen-bond acceptors (Lipinski definition) is 3. The first-order chi connectivity index (χ1) is 12.5. The third kappa shape index (κ3) is 3.34. The van der Waals surface area contributed by atoms with E-state index in [0.717, 1.165) is 16.7 Å². The lowest BCUT2D eigenvalue weighted by molar-refractivity contribution is 0.0697. The number of carboxylic acid groups (broad SMARTS) is 1. The molecule has 0 aromatic heterocycles. The summed E-state index contributed by atoms with van der Waals surface area (Å²) in [5.74, 6) is -0.976. The molecule has 1 atom stereocenters. The molecule has 1 unspecified atom stereocenters. The van der Waals surface area contributed by atoms with Crippen molar-refractivity contribution in [3.63, 3.8) is 0 Å². The van der Waals surface area contributed by atoms with Crippen LogP contribution in [-0.2, 0) is 0 Å². The SMILES string of the molecule is N=C(N)c1ccc(C(N)c2ccccc2-c2ccccc2C(=O)O)cc1. The number of benzene rings is 3. The van der Waals surface area contributed by atoms with E-state index in [1.54, 1.807) is 30.3 Å². The van der Waals surface area contributed by atoms with Gasteiger partial charge in [0, 0.05) is 5.56 Å². The molecule has 0 amide bonds. The molecule has 5 nitrogen and oxygen atoms in total. The van der Waals surface area contributed by atoms with Gasteiger partial charge in [0.2, 0.25) is 0 Å². The highest BCUT2D eigenvalue weighted by Crippen LogP contribution is 2.32. The van der Waals surface area contributed by atoms with Gasteiger partial charge in [-0.1, -0.05) is 66.7 Å². The van der Waals surface area contributed by atoms with Crippen LogP contribution in [0.15, 0.2) is 72.8 Å². The van der Waals surface area contributed by atoms with Crippen LogP contribution in [0, 0.1) is 5.41 Å². The number of aromatic carboxylic acids is 1. The lowest BCUT2D eigenvalue weighted by atomic mass is 9.89. The Balaban J connectivity index is 2.08. The first-order valence-electron chi connectivity index (χ1n) is 8.10. The van der Waals surface area contributed by atoms with Crippen LogP contribution in [0.5, 0.6) is 0 Å². The van der Waals surface area contributed by atoms with Crippen molar-refractivity contribution >= 4 is 11.8 Å². The van der Waals surface area contributed by atoms with E-state index < -0.39 is 12.0 Å². The minimum Gasteiger partial charge on any atom is -0.478 e. The van der Waals surface area contributed by atoms with Gasteiger partial charge in [-0.05, 0) is 28.3 Å². The highest BCUT2D eigenvalue weighted by molar-refractivity contribution is 5.96. The standard InChI is InChI=1S/C21H19N3O2/c22-19(13-9-11-14(12-10-13)20(23)24)17-7-3-1-5-15(17)16-6-2-4-8-18(16)21(25)26/h1-12,19H,22H2,(H3,23,24)(H,25,26). The molecule has 0 fully saturated rings. The smallest absolute Gasteiger partial charge is 0.336 e. The van der Waals surface area contributed by atoms with Gasteiger partial charge in [0.1, 0.15) is 5.84 Å². The molecule has 0 heterocycles. The summed E-state index contributed by atoms with van der Waals surface area (Å²) in [4.78, 5) is 11.6. The fourth-order valence-corrected chi connectivity index (χ4v) is 2.97. The molecule has 0 aliphatic rings. The van der Waals surface area contributed by atoms with Crippen LogP contribution < -0.4 is 11.5 Å². The summed E-state index contributed by atoms with van der Waals surface area (Å²) in [7, 11) is 0. The van der Waals surface area contributed by atoms with E-state index in [0.29, 0.717) is 11.1 Å². The Kier molecular flexibility index (Phi) is 4.82. The Labute approximate surface area is 151 Å². The molecule has 5 heteroatoms. The Hall–Kier alpha value is -3.44. The fourth-order valence-electron chi connectivity index (χ4n) is 2.97. The molecule has 26 heavy (non-hydrogen) atoms. The molecule has 0 aliphatic carbocycles. The van der Waals surface area contributed by atoms with Crippen molar-refractivity contribution in [2.75, 3.05) is 0 Å². The van der Waals surface area contributed by atoms with E-state index in [9.17, 15) is 9.90 Å². The van der Waals surface area contributed by atoms with Crippen molar-refractivity contribution in [2.24, 2.45) is 11.5 Å². The van der Waals surface area contributed by atoms with Crippen molar-refractivity contribution in [2.45, 2.75) is 6.04 Å². The number of amidine groups is 1. The van der Waals surface area contributed by atoms with Crippen LogP contribution in [-0.4, -0.2) is 16.9 Å². The minimum absolute atomic E-state index is 0.000840. The monoisotopic (exact) mass is 345 g/mol. The van der Waals surface area contributed by atoms with Crippen LogP contribution >= 0.6 is 0 Å². The molecule has 6 N–H and O–H groups in total.